The molecule has 4 nitrogen and oxygen atoms in total. The van der Waals surface area contributed by atoms with Gasteiger partial charge in [0, 0.05) is 11.4 Å². The molecule has 1 N–H and O–H groups in total. The van der Waals surface area contributed by atoms with Gasteiger partial charge in [-0.25, -0.2) is 9.18 Å². The highest BCUT2D eigenvalue weighted by Crippen LogP contribution is 2.15. The second-order valence-corrected chi connectivity index (χ2v) is 6.72. The summed E-state index contributed by atoms with van der Waals surface area (Å²) in [6.45, 7) is 2.45. The van der Waals surface area contributed by atoms with Crippen molar-refractivity contribution in [2.75, 3.05) is 17.7 Å². The van der Waals surface area contributed by atoms with Crippen molar-refractivity contribution in [3.05, 3.63) is 65.5 Å². The fourth-order valence-electron chi connectivity index (χ4n) is 2.12. The summed E-state index contributed by atoms with van der Waals surface area (Å²) in [4.78, 5) is 23.8. The van der Waals surface area contributed by atoms with Gasteiger partial charge in [-0.15, -0.1) is 11.8 Å². The summed E-state index contributed by atoms with van der Waals surface area (Å²) in [5.74, 6) is 0.171. The predicted octanol–water partition coefficient (Wildman–Crippen LogP) is 4.65. The van der Waals surface area contributed by atoms with Crippen LogP contribution in [-0.4, -0.2) is 24.2 Å². The van der Waals surface area contributed by atoms with Crippen molar-refractivity contribution in [2.45, 2.75) is 25.5 Å². The molecular weight excluding hydrogens is 353 g/mol. The number of nitrogens with one attached hydrogen (secondary N) is 1. The highest BCUT2D eigenvalue weighted by atomic mass is 32.2. The molecule has 1 amide bonds. The van der Waals surface area contributed by atoms with Crippen molar-refractivity contribution >= 4 is 29.3 Å². The molecule has 0 aromatic heterocycles. The summed E-state index contributed by atoms with van der Waals surface area (Å²) in [6, 6.07) is 12.9. The van der Waals surface area contributed by atoms with Gasteiger partial charge in [0.1, 0.15) is 5.82 Å². The first kappa shape index (κ1) is 20.0. The normalized spacial score (nSPS) is 10.4. The van der Waals surface area contributed by atoms with E-state index in [1.54, 1.807) is 36.4 Å². The zero-order valence-electron chi connectivity index (χ0n) is 14.7. The lowest BCUT2D eigenvalue weighted by Gasteiger charge is -2.07. The number of benzene rings is 2. The molecule has 26 heavy (non-hydrogen) atoms. The molecule has 0 aliphatic heterocycles. The number of hydrogen-bond donors (Lipinski definition) is 1. The van der Waals surface area contributed by atoms with E-state index in [0.29, 0.717) is 23.6 Å². The zero-order valence-corrected chi connectivity index (χ0v) is 15.5. The first-order valence-corrected chi connectivity index (χ1v) is 9.63. The van der Waals surface area contributed by atoms with Crippen molar-refractivity contribution in [1.82, 2.24) is 0 Å². The number of halogens is 1. The number of carbonyl (C=O) groups is 2. The number of thioether (sulfide) groups is 1. The van der Waals surface area contributed by atoms with E-state index in [2.05, 4.69) is 5.32 Å². The van der Waals surface area contributed by atoms with E-state index in [4.69, 9.17) is 4.74 Å². The lowest BCUT2D eigenvalue weighted by Crippen LogP contribution is -2.14. The van der Waals surface area contributed by atoms with Crippen molar-refractivity contribution in [3.8, 4) is 0 Å². The minimum Gasteiger partial charge on any atom is -0.462 e. The van der Waals surface area contributed by atoms with Gasteiger partial charge in [-0.05, 0) is 48.4 Å². The third-order valence-electron chi connectivity index (χ3n) is 3.55. The Morgan fingerprint density at radius 1 is 1.08 bits per heavy atom. The molecule has 0 aliphatic rings. The molecule has 6 heteroatoms. The van der Waals surface area contributed by atoms with Crippen LogP contribution in [0.25, 0.3) is 0 Å². The molecule has 0 saturated heterocycles. The predicted molar refractivity (Wildman–Crippen MR) is 103 cm³/mol. The average molecular weight is 375 g/mol. The number of esters is 1. The van der Waals surface area contributed by atoms with Gasteiger partial charge in [0.15, 0.2) is 0 Å². The van der Waals surface area contributed by atoms with Crippen LogP contribution in [0, 0.1) is 5.82 Å². The van der Waals surface area contributed by atoms with Crippen LogP contribution >= 0.6 is 11.8 Å². The molecule has 0 aliphatic carbocycles. The van der Waals surface area contributed by atoms with Gasteiger partial charge in [-0.2, -0.15) is 0 Å². The third-order valence-corrected chi connectivity index (χ3v) is 4.55. The number of ether oxygens (including phenoxy) is 1. The number of rotatable bonds is 9. The van der Waals surface area contributed by atoms with E-state index in [9.17, 15) is 14.0 Å². The molecule has 0 bridgehead atoms. The minimum absolute atomic E-state index is 0.129. The van der Waals surface area contributed by atoms with Crippen LogP contribution in [0.2, 0.25) is 0 Å². The van der Waals surface area contributed by atoms with Crippen LogP contribution in [0.3, 0.4) is 0 Å². The van der Waals surface area contributed by atoms with Crippen LogP contribution in [0.4, 0.5) is 10.1 Å². The Hall–Kier alpha value is -2.34. The molecule has 0 saturated carbocycles. The molecule has 2 rings (SSSR count). The molecule has 0 atom stereocenters. The SMILES string of the molecule is CCCCOC(=O)c1ccc(NC(=O)CSCc2ccc(F)cc2)cc1. The Kier molecular flexibility index (Phi) is 8.15. The van der Waals surface area contributed by atoms with E-state index < -0.39 is 0 Å². The van der Waals surface area contributed by atoms with E-state index in [1.165, 1.54) is 23.9 Å². The Labute approximate surface area is 157 Å². The third kappa shape index (κ3) is 6.88. The van der Waals surface area contributed by atoms with Crippen molar-refractivity contribution in [3.63, 3.8) is 0 Å². The number of amides is 1. The van der Waals surface area contributed by atoms with Crippen molar-refractivity contribution in [1.29, 1.82) is 0 Å². The Morgan fingerprint density at radius 2 is 1.77 bits per heavy atom. The second-order valence-electron chi connectivity index (χ2n) is 5.73. The van der Waals surface area contributed by atoms with Gasteiger partial charge in [-0.1, -0.05) is 25.5 Å². The molecule has 0 spiro atoms. The fraction of sp³-hybridized carbons (Fsp3) is 0.300. The quantitative estimate of drug-likeness (QED) is 0.512. The van der Waals surface area contributed by atoms with Gasteiger partial charge in [-0.3, -0.25) is 4.79 Å². The second kappa shape index (κ2) is 10.6. The summed E-state index contributed by atoms with van der Waals surface area (Å²) in [5.41, 5.74) is 2.06. The summed E-state index contributed by atoms with van der Waals surface area (Å²) >= 11 is 1.45. The highest BCUT2D eigenvalue weighted by Gasteiger charge is 2.08. The van der Waals surface area contributed by atoms with Gasteiger partial charge < -0.3 is 10.1 Å². The number of carbonyl (C=O) groups excluding carboxylic acids is 2. The monoisotopic (exact) mass is 375 g/mol. The molecule has 0 heterocycles. The molecule has 2 aromatic carbocycles. The Morgan fingerprint density at radius 3 is 2.42 bits per heavy atom. The standard InChI is InChI=1S/C20H22FNO3S/c1-2-3-12-25-20(24)16-6-10-18(11-7-16)22-19(23)14-26-13-15-4-8-17(21)9-5-15/h4-11H,2-3,12-14H2,1H3,(H,22,23). The molecule has 0 unspecified atom stereocenters. The summed E-state index contributed by atoms with van der Waals surface area (Å²) in [6.07, 6.45) is 1.81. The maximum atomic E-state index is 12.8. The first-order valence-electron chi connectivity index (χ1n) is 8.47. The van der Waals surface area contributed by atoms with Gasteiger partial charge >= 0.3 is 5.97 Å². The maximum absolute atomic E-state index is 12.8. The van der Waals surface area contributed by atoms with Gasteiger partial charge in [0.2, 0.25) is 5.91 Å². The summed E-state index contributed by atoms with van der Waals surface area (Å²) in [5, 5.41) is 2.78. The Bertz CT molecular complexity index is 717. The van der Waals surface area contributed by atoms with Crippen molar-refractivity contribution in [2.24, 2.45) is 0 Å². The largest absolute Gasteiger partial charge is 0.462 e. The number of anilines is 1. The van der Waals surface area contributed by atoms with Crippen LogP contribution in [-0.2, 0) is 15.3 Å². The van der Waals surface area contributed by atoms with E-state index >= 15 is 0 Å². The number of unbranched alkanes of at least 4 members (excludes halogenated alkanes) is 1. The lowest BCUT2D eigenvalue weighted by atomic mass is 10.2. The number of hydrogen-bond acceptors (Lipinski definition) is 4. The highest BCUT2D eigenvalue weighted by molar-refractivity contribution is 7.99. The van der Waals surface area contributed by atoms with Crippen LogP contribution < -0.4 is 5.32 Å². The van der Waals surface area contributed by atoms with Crippen LogP contribution in [0.5, 0.6) is 0 Å². The molecular formula is C20H22FNO3S. The lowest BCUT2D eigenvalue weighted by molar-refractivity contribution is -0.113. The minimum atomic E-state index is -0.355. The average Bonchev–Trinajstić information content (AvgIpc) is 2.64. The van der Waals surface area contributed by atoms with E-state index in [-0.39, 0.29) is 23.4 Å². The van der Waals surface area contributed by atoms with Crippen molar-refractivity contribution < 1.29 is 18.7 Å². The molecule has 0 fully saturated rings. The fourth-order valence-corrected chi connectivity index (χ4v) is 2.91. The molecule has 138 valence electrons. The van der Waals surface area contributed by atoms with Gasteiger partial charge in [0.05, 0.1) is 17.9 Å². The summed E-state index contributed by atoms with van der Waals surface area (Å²) in [7, 11) is 0. The van der Waals surface area contributed by atoms with E-state index in [1.807, 2.05) is 6.92 Å². The first-order chi connectivity index (χ1) is 12.6. The van der Waals surface area contributed by atoms with Gasteiger partial charge in [0.25, 0.3) is 0 Å². The van der Waals surface area contributed by atoms with Crippen LogP contribution in [0.15, 0.2) is 48.5 Å². The topological polar surface area (TPSA) is 55.4 Å². The maximum Gasteiger partial charge on any atom is 0.338 e. The van der Waals surface area contributed by atoms with E-state index in [0.717, 1.165) is 18.4 Å². The molecule has 0 radical (unpaired) electrons. The zero-order chi connectivity index (χ0) is 18.8. The summed E-state index contributed by atoms with van der Waals surface area (Å²) < 4.78 is 18.0. The smallest absolute Gasteiger partial charge is 0.338 e. The Balaban J connectivity index is 1.74. The molecule has 2 aromatic rings. The van der Waals surface area contributed by atoms with Crippen LogP contribution in [0.1, 0.15) is 35.7 Å².